The van der Waals surface area contributed by atoms with Crippen molar-refractivity contribution in [2.24, 2.45) is 5.92 Å². The molecule has 1 aromatic heterocycles. The van der Waals surface area contributed by atoms with Gasteiger partial charge in [0.1, 0.15) is 11.9 Å². The lowest BCUT2D eigenvalue weighted by molar-refractivity contribution is -0.124. The highest BCUT2D eigenvalue weighted by Gasteiger charge is 2.43. The fraction of sp³-hybridized carbons (Fsp3) is 0.560. The molecule has 2 aliphatic heterocycles. The van der Waals surface area contributed by atoms with Crippen LogP contribution in [0.3, 0.4) is 0 Å². The number of nitrogens with one attached hydrogen (secondary N) is 2. The van der Waals surface area contributed by atoms with Gasteiger partial charge in [0.2, 0.25) is 5.91 Å². The minimum absolute atomic E-state index is 0.132. The van der Waals surface area contributed by atoms with Crippen molar-refractivity contribution in [3.05, 3.63) is 42.0 Å². The number of amides is 1. The third-order valence-electron chi connectivity index (χ3n) is 7.22. The SMILES string of the molecule is N#CC(Cc1ccc(-c2cnn(CC3CCCCO3)c2)cc1F)NC(=O)C1NC2CCC1C2. The minimum atomic E-state index is -0.767. The van der Waals surface area contributed by atoms with Crippen LogP contribution >= 0.6 is 0 Å². The maximum absolute atomic E-state index is 14.9. The summed E-state index contributed by atoms with van der Waals surface area (Å²) in [7, 11) is 0. The van der Waals surface area contributed by atoms with E-state index in [9.17, 15) is 14.4 Å². The second-order valence-corrected chi connectivity index (χ2v) is 9.55. The number of nitriles is 1. The van der Waals surface area contributed by atoms with Gasteiger partial charge in [-0.15, -0.1) is 0 Å². The number of carbonyl (C=O) groups is 1. The zero-order chi connectivity index (χ0) is 22.8. The Morgan fingerprint density at radius 1 is 1.33 bits per heavy atom. The molecule has 33 heavy (non-hydrogen) atoms. The summed E-state index contributed by atoms with van der Waals surface area (Å²) in [5.74, 6) is -0.195. The third-order valence-corrected chi connectivity index (χ3v) is 7.22. The largest absolute Gasteiger partial charge is 0.376 e. The Balaban J connectivity index is 1.20. The van der Waals surface area contributed by atoms with E-state index in [2.05, 4.69) is 21.8 Å². The Morgan fingerprint density at radius 3 is 2.94 bits per heavy atom. The van der Waals surface area contributed by atoms with Crippen LogP contribution in [-0.2, 0) is 22.5 Å². The highest BCUT2D eigenvalue weighted by atomic mass is 19.1. The first-order valence-corrected chi connectivity index (χ1v) is 12.0. The topological polar surface area (TPSA) is 92.0 Å². The van der Waals surface area contributed by atoms with E-state index in [0.29, 0.717) is 24.1 Å². The zero-order valence-corrected chi connectivity index (χ0v) is 18.7. The molecule has 2 bridgehead atoms. The Morgan fingerprint density at radius 2 is 2.24 bits per heavy atom. The van der Waals surface area contributed by atoms with E-state index in [0.717, 1.165) is 49.8 Å². The van der Waals surface area contributed by atoms with Crippen LogP contribution in [0.1, 0.15) is 44.1 Å². The summed E-state index contributed by atoms with van der Waals surface area (Å²) < 4.78 is 22.5. The Hall–Kier alpha value is -2.76. The molecule has 7 nitrogen and oxygen atoms in total. The summed E-state index contributed by atoms with van der Waals surface area (Å²) in [4.78, 5) is 12.6. The van der Waals surface area contributed by atoms with Crippen molar-refractivity contribution >= 4 is 5.91 Å². The van der Waals surface area contributed by atoms with Crippen molar-refractivity contribution < 1.29 is 13.9 Å². The number of benzene rings is 1. The van der Waals surface area contributed by atoms with Crippen LogP contribution in [-0.4, -0.2) is 46.5 Å². The van der Waals surface area contributed by atoms with Gasteiger partial charge in [-0.1, -0.05) is 12.1 Å². The molecular weight excluding hydrogens is 421 g/mol. The standard InChI is InChI=1S/C25H30FN5O2/c26-23-11-16(19-13-28-31(14-19)15-22-3-1-2-8-33-22)4-5-17(23)9-21(12-27)30-25(32)24-18-6-7-20(10-18)29-24/h4-5,11,13-14,18,20-22,24,29H,1-3,6-10,15H2,(H,30,32). The molecule has 3 heterocycles. The second-order valence-electron chi connectivity index (χ2n) is 9.55. The molecule has 0 radical (unpaired) electrons. The number of halogens is 1. The maximum Gasteiger partial charge on any atom is 0.238 e. The van der Waals surface area contributed by atoms with Gasteiger partial charge in [-0.3, -0.25) is 9.48 Å². The summed E-state index contributed by atoms with van der Waals surface area (Å²) in [6.45, 7) is 1.50. The minimum Gasteiger partial charge on any atom is -0.376 e. The fourth-order valence-electron chi connectivity index (χ4n) is 5.43. The van der Waals surface area contributed by atoms with Crippen molar-refractivity contribution in [3.8, 4) is 17.2 Å². The molecule has 174 valence electrons. The molecule has 1 amide bonds. The number of hydrogen-bond acceptors (Lipinski definition) is 5. The number of fused-ring (bicyclic) bond motifs is 2. The molecule has 3 fully saturated rings. The highest BCUT2D eigenvalue weighted by molar-refractivity contribution is 5.83. The normalized spacial score (nSPS) is 27.3. The number of piperidine rings is 1. The summed E-state index contributed by atoms with van der Waals surface area (Å²) in [5.41, 5.74) is 1.98. The van der Waals surface area contributed by atoms with E-state index >= 15 is 0 Å². The van der Waals surface area contributed by atoms with Crippen molar-refractivity contribution in [1.82, 2.24) is 20.4 Å². The smallest absolute Gasteiger partial charge is 0.238 e. The highest BCUT2D eigenvalue weighted by Crippen LogP contribution is 2.35. The van der Waals surface area contributed by atoms with Gasteiger partial charge in [0.15, 0.2) is 0 Å². The first kappa shape index (κ1) is 22.1. The molecule has 3 aliphatic rings. The molecule has 1 aromatic carbocycles. The monoisotopic (exact) mass is 451 g/mol. The molecule has 1 saturated carbocycles. The molecule has 2 N–H and O–H groups in total. The average molecular weight is 452 g/mol. The maximum atomic E-state index is 14.9. The molecule has 1 aliphatic carbocycles. The van der Waals surface area contributed by atoms with Crippen molar-refractivity contribution in [1.29, 1.82) is 5.26 Å². The number of hydrogen-bond donors (Lipinski definition) is 2. The lowest BCUT2D eigenvalue weighted by Gasteiger charge is -2.23. The van der Waals surface area contributed by atoms with Crippen LogP contribution in [0.2, 0.25) is 0 Å². The molecule has 5 rings (SSSR count). The predicted octanol–water partition coefficient (Wildman–Crippen LogP) is 2.95. The van der Waals surface area contributed by atoms with Gasteiger partial charge in [-0.05, 0) is 61.6 Å². The van der Waals surface area contributed by atoms with Gasteiger partial charge in [-0.25, -0.2) is 4.39 Å². The molecule has 5 unspecified atom stereocenters. The summed E-state index contributed by atoms with van der Waals surface area (Å²) in [6, 6.07) is 6.53. The number of carbonyl (C=O) groups excluding carboxylic acids is 1. The van der Waals surface area contributed by atoms with Crippen LogP contribution in [0.25, 0.3) is 11.1 Å². The number of aromatic nitrogens is 2. The Kier molecular flexibility index (Phi) is 6.43. The first-order valence-electron chi connectivity index (χ1n) is 12.0. The summed E-state index contributed by atoms with van der Waals surface area (Å²) >= 11 is 0. The molecule has 5 atom stereocenters. The molecule has 8 heteroatoms. The van der Waals surface area contributed by atoms with E-state index in [4.69, 9.17) is 4.74 Å². The van der Waals surface area contributed by atoms with Crippen LogP contribution in [0.5, 0.6) is 0 Å². The van der Waals surface area contributed by atoms with E-state index < -0.39 is 6.04 Å². The van der Waals surface area contributed by atoms with Crippen LogP contribution in [0, 0.1) is 23.1 Å². The first-order chi connectivity index (χ1) is 16.1. The number of ether oxygens (including phenoxy) is 1. The van der Waals surface area contributed by atoms with Gasteiger partial charge in [-0.2, -0.15) is 10.4 Å². The van der Waals surface area contributed by atoms with E-state index in [1.54, 1.807) is 12.3 Å². The lowest BCUT2D eigenvalue weighted by atomic mass is 9.98. The molecule has 0 spiro atoms. The van der Waals surface area contributed by atoms with E-state index in [1.165, 1.54) is 12.5 Å². The van der Waals surface area contributed by atoms with Crippen LogP contribution in [0.4, 0.5) is 4.39 Å². The third kappa shape index (κ3) is 4.94. The van der Waals surface area contributed by atoms with Gasteiger partial charge in [0, 0.05) is 30.8 Å². The predicted molar refractivity (Wildman–Crippen MR) is 121 cm³/mol. The number of rotatable bonds is 7. The molecule has 2 saturated heterocycles. The van der Waals surface area contributed by atoms with Gasteiger partial charge < -0.3 is 15.4 Å². The quantitative estimate of drug-likeness (QED) is 0.675. The van der Waals surface area contributed by atoms with Gasteiger partial charge in [0.05, 0.1) is 31.0 Å². The van der Waals surface area contributed by atoms with E-state index in [1.807, 2.05) is 16.9 Å². The summed E-state index contributed by atoms with van der Waals surface area (Å²) in [6.07, 6.45) is 10.5. The number of nitrogens with zero attached hydrogens (tertiary/aromatic N) is 3. The lowest BCUT2D eigenvalue weighted by Crippen LogP contribution is -2.50. The van der Waals surface area contributed by atoms with E-state index in [-0.39, 0.29) is 30.3 Å². The van der Waals surface area contributed by atoms with Crippen LogP contribution in [0.15, 0.2) is 30.6 Å². The Bertz CT molecular complexity index is 1040. The van der Waals surface area contributed by atoms with Crippen LogP contribution < -0.4 is 10.6 Å². The Labute approximate surface area is 193 Å². The van der Waals surface area contributed by atoms with Crippen molar-refractivity contribution in [3.63, 3.8) is 0 Å². The van der Waals surface area contributed by atoms with Crippen molar-refractivity contribution in [2.45, 2.75) is 75.7 Å². The van der Waals surface area contributed by atoms with Crippen molar-refractivity contribution in [2.75, 3.05) is 6.61 Å². The van der Waals surface area contributed by atoms with Gasteiger partial charge >= 0.3 is 0 Å². The molecule has 2 aromatic rings. The van der Waals surface area contributed by atoms with Gasteiger partial charge in [0.25, 0.3) is 0 Å². The second kappa shape index (κ2) is 9.62. The fourth-order valence-corrected chi connectivity index (χ4v) is 5.43. The summed E-state index contributed by atoms with van der Waals surface area (Å²) in [5, 5.41) is 20.1. The molecular formula is C25H30FN5O2. The average Bonchev–Trinajstić information content (AvgIpc) is 3.58. The zero-order valence-electron chi connectivity index (χ0n) is 18.7.